The van der Waals surface area contributed by atoms with Gasteiger partial charge in [0.05, 0.1) is 12.5 Å². The van der Waals surface area contributed by atoms with Crippen molar-refractivity contribution in [2.45, 2.75) is 6.42 Å². The second-order valence-corrected chi connectivity index (χ2v) is 4.21. The predicted octanol–water partition coefficient (Wildman–Crippen LogP) is 1.09. The summed E-state index contributed by atoms with van der Waals surface area (Å²) in [6, 6.07) is 13.1. The van der Waals surface area contributed by atoms with Crippen LogP contribution in [-0.4, -0.2) is 24.6 Å². The van der Waals surface area contributed by atoms with Crippen molar-refractivity contribution in [3.05, 3.63) is 60.1 Å². The van der Waals surface area contributed by atoms with Gasteiger partial charge >= 0.3 is 11.8 Å². The van der Waals surface area contributed by atoms with Crippen molar-refractivity contribution < 1.29 is 14.0 Å². The lowest BCUT2D eigenvalue weighted by Crippen LogP contribution is -2.38. The molecule has 0 saturated carbocycles. The van der Waals surface area contributed by atoms with Gasteiger partial charge in [-0.2, -0.15) is 5.10 Å². The van der Waals surface area contributed by atoms with Gasteiger partial charge in [0, 0.05) is 6.54 Å². The van der Waals surface area contributed by atoms with Crippen molar-refractivity contribution in [3.8, 4) is 0 Å². The first-order chi connectivity index (χ1) is 10.3. The lowest BCUT2D eigenvalue weighted by atomic mass is 10.1. The highest BCUT2D eigenvalue weighted by Gasteiger charge is 2.11. The molecule has 0 atom stereocenters. The topological polar surface area (TPSA) is 83.7 Å². The van der Waals surface area contributed by atoms with E-state index in [1.54, 1.807) is 12.1 Å². The standard InChI is InChI=1S/C15H15N3O3/c19-14(16-9-8-12-5-2-1-3-6-12)15(20)18-17-11-13-7-4-10-21-13/h1-7,10-11H,8-9H2,(H,16,19)(H,18,20)/b17-11-. The maximum atomic E-state index is 11.5. The second kappa shape index (κ2) is 7.64. The van der Waals surface area contributed by atoms with E-state index in [1.807, 2.05) is 30.3 Å². The lowest BCUT2D eigenvalue weighted by molar-refractivity contribution is -0.139. The smallest absolute Gasteiger partial charge is 0.329 e. The van der Waals surface area contributed by atoms with Gasteiger partial charge < -0.3 is 9.73 Å². The largest absolute Gasteiger partial charge is 0.463 e. The normalized spacial score (nSPS) is 10.5. The minimum absolute atomic E-state index is 0.387. The Morgan fingerprint density at radius 3 is 2.62 bits per heavy atom. The van der Waals surface area contributed by atoms with Crippen LogP contribution in [0.15, 0.2) is 58.2 Å². The molecule has 2 amide bonds. The van der Waals surface area contributed by atoms with Crippen LogP contribution in [0.1, 0.15) is 11.3 Å². The van der Waals surface area contributed by atoms with Crippen LogP contribution >= 0.6 is 0 Å². The molecule has 0 bridgehead atoms. The molecule has 6 heteroatoms. The average Bonchev–Trinajstić information content (AvgIpc) is 3.01. The van der Waals surface area contributed by atoms with E-state index in [0.29, 0.717) is 18.7 Å². The Bertz CT molecular complexity index is 606. The van der Waals surface area contributed by atoms with Crippen LogP contribution in [0, 0.1) is 0 Å². The van der Waals surface area contributed by atoms with Crippen molar-refractivity contribution in [2.24, 2.45) is 5.10 Å². The highest BCUT2D eigenvalue weighted by atomic mass is 16.3. The first-order valence-corrected chi connectivity index (χ1v) is 6.44. The molecule has 0 spiro atoms. The summed E-state index contributed by atoms with van der Waals surface area (Å²) < 4.78 is 4.99. The fourth-order valence-electron chi connectivity index (χ4n) is 1.62. The summed E-state index contributed by atoms with van der Waals surface area (Å²) in [5.74, 6) is -1.05. The average molecular weight is 285 g/mol. The van der Waals surface area contributed by atoms with Gasteiger partial charge in [-0.1, -0.05) is 30.3 Å². The van der Waals surface area contributed by atoms with Crippen molar-refractivity contribution in [1.29, 1.82) is 0 Å². The Morgan fingerprint density at radius 1 is 1.10 bits per heavy atom. The monoisotopic (exact) mass is 285 g/mol. The quantitative estimate of drug-likeness (QED) is 0.490. The number of nitrogens with one attached hydrogen (secondary N) is 2. The summed E-state index contributed by atoms with van der Waals surface area (Å²) in [4.78, 5) is 23.0. The number of carbonyl (C=O) groups is 2. The van der Waals surface area contributed by atoms with Gasteiger partial charge in [0.25, 0.3) is 0 Å². The van der Waals surface area contributed by atoms with Crippen LogP contribution in [0.2, 0.25) is 0 Å². The molecule has 0 unspecified atom stereocenters. The summed E-state index contributed by atoms with van der Waals surface area (Å²) in [5, 5.41) is 6.15. The molecular weight excluding hydrogens is 270 g/mol. The number of furan rings is 1. The van der Waals surface area contributed by atoms with Gasteiger partial charge in [-0.15, -0.1) is 0 Å². The third kappa shape index (κ3) is 4.94. The van der Waals surface area contributed by atoms with E-state index in [1.165, 1.54) is 12.5 Å². The van der Waals surface area contributed by atoms with Gasteiger partial charge in [0.1, 0.15) is 5.76 Å². The third-order valence-electron chi connectivity index (χ3n) is 2.65. The Balaban J connectivity index is 1.69. The summed E-state index contributed by atoms with van der Waals surface area (Å²) in [6.45, 7) is 0.387. The summed E-state index contributed by atoms with van der Waals surface area (Å²) in [6.07, 6.45) is 3.46. The molecule has 2 N–H and O–H groups in total. The van der Waals surface area contributed by atoms with Crippen molar-refractivity contribution >= 4 is 18.0 Å². The Labute approximate surface area is 121 Å². The molecule has 108 valence electrons. The molecule has 0 aliphatic carbocycles. The molecule has 1 heterocycles. The molecule has 1 aromatic carbocycles. The highest BCUT2D eigenvalue weighted by Crippen LogP contribution is 1.98. The molecule has 2 aromatic rings. The molecule has 0 fully saturated rings. The number of nitrogens with zero attached hydrogens (tertiary/aromatic N) is 1. The van der Waals surface area contributed by atoms with Crippen LogP contribution < -0.4 is 10.7 Å². The van der Waals surface area contributed by atoms with Crippen LogP contribution in [-0.2, 0) is 16.0 Å². The zero-order chi connectivity index (χ0) is 14.9. The number of benzene rings is 1. The van der Waals surface area contributed by atoms with Gasteiger partial charge in [-0.25, -0.2) is 5.43 Å². The zero-order valence-corrected chi connectivity index (χ0v) is 11.3. The van der Waals surface area contributed by atoms with E-state index >= 15 is 0 Å². The molecule has 1 aromatic heterocycles. The minimum atomic E-state index is -0.814. The molecule has 0 aliphatic rings. The molecular formula is C15H15N3O3. The van der Waals surface area contributed by atoms with Crippen molar-refractivity contribution in [3.63, 3.8) is 0 Å². The van der Waals surface area contributed by atoms with Crippen LogP contribution in [0.25, 0.3) is 0 Å². The van der Waals surface area contributed by atoms with Gasteiger partial charge in [-0.3, -0.25) is 9.59 Å². The van der Waals surface area contributed by atoms with E-state index in [0.717, 1.165) is 5.56 Å². The lowest BCUT2D eigenvalue weighted by Gasteiger charge is -2.03. The van der Waals surface area contributed by atoms with Gasteiger partial charge in [-0.05, 0) is 24.1 Å². The van der Waals surface area contributed by atoms with E-state index in [9.17, 15) is 9.59 Å². The Hall–Kier alpha value is -2.89. The molecule has 0 radical (unpaired) electrons. The molecule has 0 aliphatic heterocycles. The molecule has 6 nitrogen and oxygen atoms in total. The Kier molecular flexibility index (Phi) is 5.28. The highest BCUT2D eigenvalue weighted by molar-refractivity contribution is 6.35. The summed E-state index contributed by atoms with van der Waals surface area (Å²) >= 11 is 0. The first-order valence-electron chi connectivity index (χ1n) is 6.44. The fourth-order valence-corrected chi connectivity index (χ4v) is 1.62. The third-order valence-corrected chi connectivity index (χ3v) is 2.65. The fraction of sp³-hybridized carbons (Fsp3) is 0.133. The van der Waals surface area contributed by atoms with E-state index in [-0.39, 0.29) is 0 Å². The van der Waals surface area contributed by atoms with Crippen molar-refractivity contribution in [1.82, 2.24) is 10.7 Å². The number of hydrazone groups is 1. The van der Waals surface area contributed by atoms with Crippen LogP contribution in [0.3, 0.4) is 0 Å². The summed E-state index contributed by atoms with van der Waals surface area (Å²) in [5.41, 5.74) is 3.22. The van der Waals surface area contributed by atoms with E-state index < -0.39 is 11.8 Å². The SMILES string of the molecule is O=C(NCCc1ccccc1)C(=O)N/N=C\c1ccco1. The number of amides is 2. The second-order valence-electron chi connectivity index (χ2n) is 4.21. The zero-order valence-electron chi connectivity index (χ0n) is 11.3. The number of hydrogen-bond donors (Lipinski definition) is 2. The van der Waals surface area contributed by atoms with Gasteiger partial charge in [0.15, 0.2) is 0 Å². The molecule has 21 heavy (non-hydrogen) atoms. The van der Waals surface area contributed by atoms with E-state index in [4.69, 9.17) is 4.42 Å². The Morgan fingerprint density at radius 2 is 1.90 bits per heavy atom. The van der Waals surface area contributed by atoms with Crippen LogP contribution in [0.4, 0.5) is 0 Å². The first kappa shape index (κ1) is 14.5. The maximum absolute atomic E-state index is 11.5. The molecule has 0 saturated heterocycles. The van der Waals surface area contributed by atoms with Gasteiger partial charge in [0.2, 0.25) is 0 Å². The predicted molar refractivity (Wildman–Crippen MR) is 77.6 cm³/mol. The minimum Gasteiger partial charge on any atom is -0.463 e. The number of rotatable bonds is 5. The van der Waals surface area contributed by atoms with E-state index in [2.05, 4.69) is 15.8 Å². The van der Waals surface area contributed by atoms with Crippen LogP contribution in [0.5, 0.6) is 0 Å². The maximum Gasteiger partial charge on any atom is 0.329 e. The number of hydrogen-bond acceptors (Lipinski definition) is 4. The van der Waals surface area contributed by atoms with Crippen molar-refractivity contribution in [2.75, 3.05) is 6.54 Å². The number of carbonyl (C=O) groups excluding carboxylic acids is 2. The summed E-state index contributed by atoms with van der Waals surface area (Å²) in [7, 11) is 0. The molecule has 2 rings (SSSR count).